The predicted molar refractivity (Wildman–Crippen MR) is 76.5 cm³/mol. The first kappa shape index (κ1) is 14.0. The van der Waals surface area contributed by atoms with E-state index in [2.05, 4.69) is 26.2 Å². The molecule has 1 amide bonds. The molecule has 0 aliphatic carbocycles. The molecule has 1 aromatic heterocycles. The van der Waals surface area contributed by atoms with Gasteiger partial charge in [0.15, 0.2) is 0 Å². The van der Waals surface area contributed by atoms with Crippen molar-refractivity contribution in [3.05, 3.63) is 28.5 Å². The van der Waals surface area contributed by atoms with Crippen LogP contribution in [-0.4, -0.2) is 42.4 Å². The first-order chi connectivity index (χ1) is 9.69. The van der Waals surface area contributed by atoms with Crippen molar-refractivity contribution in [3.8, 4) is 0 Å². The lowest BCUT2D eigenvalue weighted by Crippen LogP contribution is -2.49. The molecule has 1 spiro atoms. The molecule has 0 radical (unpaired) electrons. The molecular formula is C14H17BrN2O3. The minimum Gasteiger partial charge on any atom is -0.378 e. The molecule has 1 aromatic rings. The summed E-state index contributed by atoms with van der Waals surface area (Å²) >= 11 is 3.35. The van der Waals surface area contributed by atoms with Crippen molar-refractivity contribution in [2.75, 3.05) is 19.8 Å². The molecule has 3 heterocycles. The molecule has 2 fully saturated rings. The van der Waals surface area contributed by atoms with Gasteiger partial charge in [-0.25, -0.2) is 4.98 Å². The van der Waals surface area contributed by atoms with Gasteiger partial charge in [0.1, 0.15) is 5.69 Å². The van der Waals surface area contributed by atoms with Crippen LogP contribution < -0.4 is 5.32 Å². The molecular weight excluding hydrogens is 324 g/mol. The number of pyridine rings is 1. The Morgan fingerprint density at radius 3 is 3.15 bits per heavy atom. The third kappa shape index (κ3) is 2.87. The third-order valence-electron chi connectivity index (χ3n) is 3.87. The summed E-state index contributed by atoms with van der Waals surface area (Å²) < 4.78 is 12.0. The smallest absolute Gasteiger partial charge is 0.271 e. The summed E-state index contributed by atoms with van der Waals surface area (Å²) in [5.74, 6) is -0.140. The van der Waals surface area contributed by atoms with Crippen LogP contribution in [0.15, 0.2) is 22.8 Å². The lowest BCUT2D eigenvalue weighted by atomic mass is 9.89. The number of nitrogens with zero attached hydrogens (tertiary/aromatic N) is 1. The first-order valence-corrected chi connectivity index (χ1v) is 7.61. The SMILES string of the molecule is O=C(N[C@@H]1CCO[C@]2(CCOC2)C1)c1ncccc1Br. The van der Waals surface area contributed by atoms with Crippen molar-refractivity contribution in [2.45, 2.75) is 30.9 Å². The highest BCUT2D eigenvalue weighted by Gasteiger charge is 2.41. The third-order valence-corrected chi connectivity index (χ3v) is 4.51. The van der Waals surface area contributed by atoms with Crippen LogP contribution in [0.25, 0.3) is 0 Å². The van der Waals surface area contributed by atoms with Gasteiger partial charge in [-0.1, -0.05) is 0 Å². The minimum absolute atomic E-state index is 0.117. The van der Waals surface area contributed by atoms with E-state index in [1.165, 1.54) is 0 Å². The van der Waals surface area contributed by atoms with E-state index in [9.17, 15) is 4.79 Å². The number of nitrogens with one attached hydrogen (secondary N) is 1. The highest BCUT2D eigenvalue weighted by atomic mass is 79.9. The summed E-state index contributed by atoms with van der Waals surface area (Å²) in [6.07, 6.45) is 4.17. The van der Waals surface area contributed by atoms with Crippen molar-refractivity contribution >= 4 is 21.8 Å². The number of carbonyl (C=O) groups excluding carboxylic acids is 1. The molecule has 2 saturated heterocycles. The molecule has 0 saturated carbocycles. The minimum atomic E-state index is -0.197. The van der Waals surface area contributed by atoms with Crippen molar-refractivity contribution < 1.29 is 14.3 Å². The molecule has 3 rings (SSSR count). The summed E-state index contributed by atoms with van der Waals surface area (Å²) in [5.41, 5.74) is 0.230. The fraction of sp³-hybridized carbons (Fsp3) is 0.571. The second-order valence-electron chi connectivity index (χ2n) is 5.33. The van der Waals surface area contributed by atoms with Gasteiger partial charge in [0.2, 0.25) is 0 Å². The van der Waals surface area contributed by atoms with Crippen LogP contribution in [-0.2, 0) is 9.47 Å². The molecule has 6 heteroatoms. The second kappa shape index (κ2) is 5.79. The van der Waals surface area contributed by atoms with Crippen molar-refractivity contribution in [3.63, 3.8) is 0 Å². The Balaban J connectivity index is 1.65. The lowest BCUT2D eigenvalue weighted by Gasteiger charge is -2.37. The zero-order valence-electron chi connectivity index (χ0n) is 11.1. The van der Waals surface area contributed by atoms with Gasteiger partial charge in [-0.15, -0.1) is 0 Å². The van der Waals surface area contributed by atoms with Crippen LogP contribution in [0, 0.1) is 0 Å². The zero-order chi connectivity index (χ0) is 14.0. The molecule has 20 heavy (non-hydrogen) atoms. The van der Waals surface area contributed by atoms with Crippen LogP contribution in [0.1, 0.15) is 29.8 Å². The molecule has 2 aliphatic rings. The van der Waals surface area contributed by atoms with Gasteiger partial charge in [-0.3, -0.25) is 4.79 Å². The number of carbonyl (C=O) groups is 1. The molecule has 0 aromatic carbocycles. The van der Waals surface area contributed by atoms with E-state index in [1.807, 2.05) is 6.07 Å². The molecule has 0 unspecified atom stereocenters. The Bertz CT molecular complexity index is 503. The number of aromatic nitrogens is 1. The van der Waals surface area contributed by atoms with Gasteiger partial charge >= 0.3 is 0 Å². The summed E-state index contributed by atoms with van der Waals surface area (Å²) in [5, 5.41) is 3.06. The fourth-order valence-electron chi connectivity index (χ4n) is 2.82. The van der Waals surface area contributed by atoms with Crippen molar-refractivity contribution in [1.82, 2.24) is 10.3 Å². The van der Waals surface area contributed by atoms with Gasteiger partial charge in [-0.2, -0.15) is 0 Å². The lowest BCUT2D eigenvalue weighted by molar-refractivity contribution is -0.0881. The normalized spacial score (nSPS) is 29.6. The van der Waals surface area contributed by atoms with E-state index in [-0.39, 0.29) is 17.6 Å². The maximum atomic E-state index is 12.3. The van der Waals surface area contributed by atoms with Crippen LogP contribution >= 0.6 is 15.9 Å². The number of rotatable bonds is 2. The number of hydrogen-bond acceptors (Lipinski definition) is 4. The van der Waals surface area contributed by atoms with E-state index >= 15 is 0 Å². The molecule has 0 bridgehead atoms. The quantitative estimate of drug-likeness (QED) is 0.893. The average Bonchev–Trinajstić information content (AvgIpc) is 2.87. The highest BCUT2D eigenvalue weighted by Crippen LogP contribution is 2.32. The van der Waals surface area contributed by atoms with Gasteiger partial charge in [0.25, 0.3) is 5.91 Å². The molecule has 2 aliphatic heterocycles. The maximum Gasteiger partial charge on any atom is 0.271 e. The molecule has 2 atom stereocenters. The number of hydrogen-bond donors (Lipinski definition) is 1. The first-order valence-electron chi connectivity index (χ1n) is 6.82. The topological polar surface area (TPSA) is 60.5 Å². The fourth-order valence-corrected chi connectivity index (χ4v) is 3.26. The monoisotopic (exact) mass is 340 g/mol. The van der Waals surface area contributed by atoms with E-state index in [4.69, 9.17) is 9.47 Å². The van der Waals surface area contributed by atoms with Crippen LogP contribution in [0.2, 0.25) is 0 Å². The second-order valence-corrected chi connectivity index (χ2v) is 6.19. The van der Waals surface area contributed by atoms with Crippen LogP contribution in [0.3, 0.4) is 0 Å². The van der Waals surface area contributed by atoms with Crippen LogP contribution in [0.5, 0.6) is 0 Å². The predicted octanol–water partition coefficient (Wildman–Crippen LogP) is 1.91. The summed E-state index contributed by atoms with van der Waals surface area (Å²) in [6.45, 7) is 2.04. The van der Waals surface area contributed by atoms with Crippen LogP contribution in [0.4, 0.5) is 0 Å². The summed E-state index contributed by atoms with van der Waals surface area (Å²) in [4.78, 5) is 16.4. The van der Waals surface area contributed by atoms with Gasteiger partial charge < -0.3 is 14.8 Å². The van der Waals surface area contributed by atoms with E-state index < -0.39 is 0 Å². The van der Waals surface area contributed by atoms with Gasteiger partial charge in [0, 0.05) is 36.3 Å². The highest BCUT2D eigenvalue weighted by molar-refractivity contribution is 9.10. The number of halogens is 1. The summed E-state index contributed by atoms with van der Waals surface area (Å²) in [6, 6.07) is 3.73. The molecule has 108 valence electrons. The Hall–Kier alpha value is -0.980. The number of ether oxygens (including phenoxy) is 2. The van der Waals surface area contributed by atoms with Gasteiger partial charge in [0.05, 0.1) is 12.2 Å². The van der Waals surface area contributed by atoms with Gasteiger partial charge in [-0.05, 0) is 40.9 Å². The van der Waals surface area contributed by atoms with E-state index in [1.54, 1.807) is 12.3 Å². The van der Waals surface area contributed by atoms with E-state index in [0.29, 0.717) is 23.4 Å². The number of amides is 1. The zero-order valence-corrected chi connectivity index (χ0v) is 12.7. The van der Waals surface area contributed by atoms with Crippen molar-refractivity contribution in [2.24, 2.45) is 0 Å². The Morgan fingerprint density at radius 1 is 1.50 bits per heavy atom. The Kier molecular flexibility index (Phi) is 4.05. The maximum absolute atomic E-state index is 12.3. The largest absolute Gasteiger partial charge is 0.378 e. The average molecular weight is 341 g/mol. The van der Waals surface area contributed by atoms with E-state index in [0.717, 1.165) is 25.9 Å². The molecule has 5 nitrogen and oxygen atoms in total. The van der Waals surface area contributed by atoms with Crippen molar-refractivity contribution in [1.29, 1.82) is 0 Å². The molecule has 1 N–H and O–H groups in total. The Labute approximate surface area is 126 Å². The Morgan fingerprint density at radius 2 is 2.40 bits per heavy atom. The standard InChI is InChI=1S/C14H17BrN2O3/c15-11-2-1-5-16-12(11)13(18)17-10-3-6-20-14(8-10)4-7-19-9-14/h1-2,5,10H,3-4,6-9H2,(H,17,18)/t10-,14-/m1/s1. The summed E-state index contributed by atoms with van der Waals surface area (Å²) in [7, 11) is 0.